The Morgan fingerprint density at radius 1 is 1.26 bits per heavy atom. The molecule has 23 heavy (non-hydrogen) atoms. The highest BCUT2D eigenvalue weighted by Gasteiger charge is 2.01. The highest BCUT2D eigenvalue weighted by molar-refractivity contribution is 5.67. The van der Waals surface area contributed by atoms with Gasteiger partial charge in [-0.05, 0) is 18.1 Å². The van der Waals surface area contributed by atoms with Crippen molar-refractivity contribution in [3.8, 4) is 6.07 Å². The van der Waals surface area contributed by atoms with Crippen LogP contribution < -0.4 is 5.32 Å². The first-order valence-corrected chi connectivity index (χ1v) is 7.26. The zero-order valence-corrected chi connectivity index (χ0v) is 12.6. The molecule has 0 saturated heterocycles. The van der Waals surface area contributed by atoms with Crippen LogP contribution in [0.15, 0.2) is 54.7 Å². The Morgan fingerprint density at radius 2 is 2.09 bits per heavy atom. The molecule has 1 N–H and O–H groups in total. The van der Waals surface area contributed by atoms with Crippen LogP contribution in [0.4, 0.5) is 4.79 Å². The first kappa shape index (κ1) is 16.2. The number of pyridine rings is 1. The number of carbonyl (C=O) groups excluding carboxylic acids is 1. The van der Waals surface area contributed by atoms with Gasteiger partial charge in [0.05, 0.1) is 0 Å². The number of hydrogen-bond acceptors (Lipinski definition) is 4. The maximum Gasteiger partial charge on any atom is 0.407 e. The smallest absolute Gasteiger partial charge is 0.407 e. The van der Waals surface area contributed by atoms with Crippen molar-refractivity contribution in [2.75, 3.05) is 6.54 Å². The third-order valence-corrected chi connectivity index (χ3v) is 3.04. The van der Waals surface area contributed by atoms with Crippen LogP contribution in [0.25, 0.3) is 6.08 Å². The average Bonchev–Trinajstić information content (AvgIpc) is 2.61. The number of hydrogen-bond donors (Lipinski definition) is 1. The van der Waals surface area contributed by atoms with Gasteiger partial charge in [-0.3, -0.25) is 0 Å². The predicted molar refractivity (Wildman–Crippen MR) is 87.2 cm³/mol. The SMILES string of the molecule is N#Cc1ncccc1C=CCCNC(=O)OCc1ccccc1. The summed E-state index contributed by atoms with van der Waals surface area (Å²) in [7, 11) is 0. The van der Waals surface area contributed by atoms with Gasteiger partial charge >= 0.3 is 6.09 Å². The topological polar surface area (TPSA) is 75.0 Å². The van der Waals surface area contributed by atoms with Crippen molar-refractivity contribution >= 4 is 12.2 Å². The van der Waals surface area contributed by atoms with Crippen LogP contribution in [0, 0.1) is 11.3 Å². The number of aromatic nitrogens is 1. The minimum Gasteiger partial charge on any atom is -0.445 e. The van der Waals surface area contributed by atoms with E-state index in [9.17, 15) is 4.79 Å². The summed E-state index contributed by atoms with van der Waals surface area (Å²) < 4.78 is 5.10. The van der Waals surface area contributed by atoms with E-state index in [1.807, 2.05) is 54.6 Å². The van der Waals surface area contributed by atoms with E-state index in [1.54, 1.807) is 12.3 Å². The molecule has 1 aromatic heterocycles. The Kier molecular flexibility index (Phi) is 6.36. The highest BCUT2D eigenvalue weighted by atomic mass is 16.5. The van der Waals surface area contributed by atoms with Crippen LogP contribution in [0.3, 0.4) is 0 Å². The lowest BCUT2D eigenvalue weighted by molar-refractivity contribution is 0.140. The lowest BCUT2D eigenvalue weighted by Crippen LogP contribution is -2.24. The first-order chi connectivity index (χ1) is 11.3. The zero-order chi connectivity index (χ0) is 16.3. The number of amides is 1. The molecular formula is C18H17N3O2. The third-order valence-electron chi connectivity index (χ3n) is 3.04. The molecule has 0 radical (unpaired) electrons. The van der Waals surface area contributed by atoms with Gasteiger partial charge in [-0.2, -0.15) is 5.26 Å². The Bertz CT molecular complexity index is 706. The van der Waals surface area contributed by atoms with E-state index >= 15 is 0 Å². The van der Waals surface area contributed by atoms with E-state index in [4.69, 9.17) is 10.00 Å². The van der Waals surface area contributed by atoms with E-state index in [2.05, 4.69) is 10.3 Å². The molecule has 116 valence electrons. The van der Waals surface area contributed by atoms with E-state index < -0.39 is 6.09 Å². The van der Waals surface area contributed by atoms with Crippen molar-refractivity contribution in [1.82, 2.24) is 10.3 Å². The fraction of sp³-hybridized carbons (Fsp3) is 0.167. The molecule has 0 aliphatic carbocycles. The van der Waals surface area contributed by atoms with Gasteiger partial charge in [-0.25, -0.2) is 9.78 Å². The fourth-order valence-electron chi connectivity index (χ4n) is 1.89. The number of nitriles is 1. The molecule has 0 aliphatic heterocycles. The maximum atomic E-state index is 11.5. The number of nitrogens with zero attached hydrogens (tertiary/aromatic N) is 2. The van der Waals surface area contributed by atoms with E-state index in [1.165, 1.54) is 0 Å². The largest absolute Gasteiger partial charge is 0.445 e. The Labute approximate surface area is 135 Å². The molecule has 2 rings (SSSR count). The van der Waals surface area contributed by atoms with Gasteiger partial charge in [-0.1, -0.05) is 48.6 Å². The molecule has 1 heterocycles. The number of ether oxygens (including phenoxy) is 1. The summed E-state index contributed by atoms with van der Waals surface area (Å²) in [5, 5.41) is 11.6. The van der Waals surface area contributed by atoms with Crippen LogP contribution in [-0.4, -0.2) is 17.6 Å². The fourth-order valence-corrected chi connectivity index (χ4v) is 1.89. The first-order valence-electron chi connectivity index (χ1n) is 7.26. The molecule has 0 atom stereocenters. The van der Waals surface area contributed by atoms with Crippen molar-refractivity contribution in [2.24, 2.45) is 0 Å². The molecule has 0 fully saturated rings. The highest BCUT2D eigenvalue weighted by Crippen LogP contribution is 2.06. The second-order valence-electron chi connectivity index (χ2n) is 4.73. The summed E-state index contributed by atoms with van der Waals surface area (Å²) in [6, 6.07) is 15.1. The second-order valence-corrected chi connectivity index (χ2v) is 4.73. The van der Waals surface area contributed by atoms with Crippen molar-refractivity contribution in [1.29, 1.82) is 5.26 Å². The van der Waals surface area contributed by atoms with Crippen molar-refractivity contribution in [3.63, 3.8) is 0 Å². The van der Waals surface area contributed by atoms with Crippen LogP contribution >= 0.6 is 0 Å². The lowest BCUT2D eigenvalue weighted by atomic mass is 10.2. The minimum absolute atomic E-state index is 0.254. The molecule has 5 heteroatoms. The summed E-state index contributed by atoms with van der Waals surface area (Å²) in [6.45, 7) is 0.718. The summed E-state index contributed by atoms with van der Waals surface area (Å²) in [4.78, 5) is 15.5. The van der Waals surface area contributed by atoms with Crippen LogP contribution in [0.2, 0.25) is 0 Å². The molecular weight excluding hydrogens is 290 g/mol. The second kappa shape index (κ2) is 9.00. The summed E-state index contributed by atoms with van der Waals surface area (Å²) in [5.41, 5.74) is 2.10. The van der Waals surface area contributed by atoms with Crippen molar-refractivity contribution in [2.45, 2.75) is 13.0 Å². The molecule has 0 unspecified atom stereocenters. The van der Waals surface area contributed by atoms with Gasteiger partial charge in [0, 0.05) is 18.3 Å². The quantitative estimate of drug-likeness (QED) is 0.831. The summed E-state index contributed by atoms with van der Waals surface area (Å²) in [6.07, 6.45) is 5.49. The number of nitrogens with one attached hydrogen (secondary N) is 1. The summed E-state index contributed by atoms with van der Waals surface area (Å²) in [5.74, 6) is 0. The monoisotopic (exact) mass is 307 g/mol. The lowest BCUT2D eigenvalue weighted by Gasteiger charge is -2.05. The number of carbonyl (C=O) groups is 1. The Hall–Kier alpha value is -3.13. The number of alkyl carbamates (subject to hydrolysis) is 1. The molecule has 0 saturated carbocycles. The maximum absolute atomic E-state index is 11.5. The third kappa shape index (κ3) is 5.64. The van der Waals surface area contributed by atoms with Gasteiger partial charge in [-0.15, -0.1) is 0 Å². The van der Waals surface area contributed by atoms with Crippen LogP contribution in [-0.2, 0) is 11.3 Å². The Balaban J connectivity index is 1.68. The molecule has 0 bridgehead atoms. The van der Waals surface area contributed by atoms with Crippen molar-refractivity contribution in [3.05, 3.63) is 71.6 Å². The van der Waals surface area contributed by atoms with E-state index in [0.29, 0.717) is 18.7 Å². The number of benzene rings is 1. The predicted octanol–water partition coefficient (Wildman–Crippen LogP) is 3.28. The molecule has 0 spiro atoms. The molecule has 1 aromatic carbocycles. The van der Waals surface area contributed by atoms with Crippen molar-refractivity contribution < 1.29 is 9.53 Å². The molecule has 2 aromatic rings. The molecule has 0 aliphatic rings. The Morgan fingerprint density at radius 3 is 2.87 bits per heavy atom. The molecule has 5 nitrogen and oxygen atoms in total. The van der Waals surface area contributed by atoms with Gasteiger partial charge in [0.25, 0.3) is 0 Å². The van der Waals surface area contributed by atoms with E-state index in [0.717, 1.165) is 11.1 Å². The van der Waals surface area contributed by atoms with Crippen LogP contribution in [0.1, 0.15) is 23.2 Å². The van der Waals surface area contributed by atoms with Gasteiger partial charge in [0.1, 0.15) is 18.4 Å². The number of rotatable bonds is 6. The zero-order valence-electron chi connectivity index (χ0n) is 12.6. The van der Waals surface area contributed by atoms with Gasteiger partial charge < -0.3 is 10.1 Å². The normalized spacial score (nSPS) is 10.2. The standard InChI is InChI=1S/C18H17N3O2/c19-13-17-16(10-6-12-20-17)9-4-5-11-21-18(22)23-14-15-7-2-1-3-8-15/h1-4,6-10,12H,5,11,14H2,(H,21,22). The van der Waals surface area contributed by atoms with Crippen LogP contribution in [0.5, 0.6) is 0 Å². The summed E-state index contributed by atoms with van der Waals surface area (Å²) >= 11 is 0. The average molecular weight is 307 g/mol. The van der Waals surface area contributed by atoms with E-state index in [-0.39, 0.29) is 6.61 Å². The van der Waals surface area contributed by atoms with Gasteiger partial charge in [0.2, 0.25) is 0 Å². The molecule has 1 amide bonds. The minimum atomic E-state index is -0.443. The van der Waals surface area contributed by atoms with Gasteiger partial charge in [0.15, 0.2) is 0 Å².